The molecule has 2 nitrogen and oxygen atoms in total. The van der Waals surface area contributed by atoms with Crippen LogP contribution in [0.3, 0.4) is 0 Å². The van der Waals surface area contributed by atoms with Gasteiger partial charge in [-0.2, -0.15) is 0 Å². The van der Waals surface area contributed by atoms with Crippen LogP contribution in [0.15, 0.2) is 0 Å². The van der Waals surface area contributed by atoms with Gasteiger partial charge in [-0.25, -0.2) is 0 Å². The van der Waals surface area contributed by atoms with Crippen molar-refractivity contribution >= 4 is 0 Å². The van der Waals surface area contributed by atoms with E-state index in [1.165, 1.54) is 58.3 Å². The molecule has 0 aromatic rings. The molecule has 0 radical (unpaired) electrons. The van der Waals surface area contributed by atoms with Gasteiger partial charge in [-0.1, -0.05) is 20.3 Å². The maximum absolute atomic E-state index is 2.77. The Morgan fingerprint density at radius 2 is 1.75 bits per heavy atom. The quantitative estimate of drug-likeness (QED) is 0.757. The van der Waals surface area contributed by atoms with Gasteiger partial charge in [0.15, 0.2) is 0 Å². The number of piperidine rings is 2. The Bertz CT molecular complexity index is 260. The van der Waals surface area contributed by atoms with Crippen molar-refractivity contribution in [3.05, 3.63) is 0 Å². The van der Waals surface area contributed by atoms with Crippen molar-refractivity contribution in [2.45, 2.75) is 85.2 Å². The number of hydrogen-bond donors (Lipinski definition) is 0. The zero-order valence-electron chi connectivity index (χ0n) is 14.9. The summed E-state index contributed by atoms with van der Waals surface area (Å²) >= 11 is 0. The summed E-state index contributed by atoms with van der Waals surface area (Å²) < 4.78 is 0. The molecule has 2 aliphatic heterocycles. The Kier molecular flexibility index (Phi) is 7.53. The van der Waals surface area contributed by atoms with Gasteiger partial charge in [0.1, 0.15) is 0 Å². The predicted octanol–water partition coefficient (Wildman–Crippen LogP) is 4.40. The molecule has 0 aromatic heterocycles. The van der Waals surface area contributed by atoms with Gasteiger partial charge >= 0.3 is 0 Å². The number of likely N-dealkylation sites (tertiary alicyclic amines) is 2. The van der Waals surface area contributed by atoms with Gasteiger partial charge in [-0.3, -0.25) is 4.90 Å². The van der Waals surface area contributed by atoms with Crippen molar-refractivity contribution < 1.29 is 0 Å². The molecular weight excluding hydrogens is 244 g/mol. The smallest absolute Gasteiger partial charge is 0.0153 e. The maximum Gasteiger partial charge on any atom is 0.0153 e. The molecule has 2 heteroatoms. The molecule has 0 aromatic carbocycles. The van der Waals surface area contributed by atoms with E-state index in [4.69, 9.17) is 0 Å². The van der Waals surface area contributed by atoms with Crippen molar-refractivity contribution in [1.29, 1.82) is 0 Å². The molecule has 2 aliphatic rings. The van der Waals surface area contributed by atoms with Crippen LogP contribution in [0.4, 0.5) is 0 Å². The Morgan fingerprint density at radius 3 is 2.35 bits per heavy atom. The summed E-state index contributed by atoms with van der Waals surface area (Å²) in [6.45, 7) is 18.9. The van der Waals surface area contributed by atoms with Gasteiger partial charge in [-0.05, 0) is 72.4 Å². The number of rotatable bonds is 3. The lowest BCUT2D eigenvalue weighted by molar-refractivity contribution is 0.0364. The maximum atomic E-state index is 2.77. The van der Waals surface area contributed by atoms with Gasteiger partial charge in [0.05, 0.1) is 0 Å². The van der Waals surface area contributed by atoms with Crippen LogP contribution in [-0.2, 0) is 0 Å². The predicted molar refractivity (Wildman–Crippen MR) is 90.3 cm³/mol. The number of nitrogens with zero attached hydrogens (tertiary/aromatic N) is 2. The molecule has 2 rings (SSSR count). The largest absolute Gasteiger partial charge is 0.301 e. The summed E-state index contributed by atoms with van der Waals surface area (Å²) in [6.07, 6.45) is 7.05. The zero-order chi connectivity index (χ0) is 15.2. The zero-order valence-corrected chi connectivity index (χ0v) is 14.9. The standard InChI is InChI=1S/C16H32N2.C2H6/c1-14(2)17-10-7-8-15(12-17)13-18-11-6-5-9-16(18,3)4;1-2/h14-15H,5-13H2,1-4H3;1-2H3. The minimum Gasteiger partial charge on any atom is -0.301 e. The second kappa shape index (κ2) is 8.38. The highest BCUT2D eigenvalue weighted by molar-refractivity contribution is 4.88. The molecule has 0 spiro atoms. The third kappa shape index (κ3) is 5.04. The van der Waals surface area contributed by atoms with Gasteiger partial charge in [0.2, 0.25) is 0 Å². The normalized spacial score (nSPS) is 28.1. The van der Waals surface area contributed by atoms with Gasteiger partial charge in [0, 0.05) is 24.7 Å². The van der Waals surface area contributed by atoms with Gasteiger partial charge < -0.3 is 4.90 Å². The fourth-order valence-electron chi connectivity index (χ4n) is 3.69. The van der Waals surface area contributed by atoms with E-state index >= 15 is 0 Å². The Balaban J connectivity index is 0.000000956. The van der Waals surface area contributed by atoms with E-state index in [-0.39, 0.29) is 0 Å². The first-order chi connectivity index (χ1) is 9.49. The highest BCUT2D eigenvalue weighted by Crippen LogP contribution is 2.29. The van der Waals surface area contributed by atoms with Crippen molar-refractivity contribution in [3.8, 4) is 0 Å². The summed E-state index contributed by atoms with van der Waals surface area (Å²) in [5.41, 5.74) is 0.443. The number of hydrogen-bond acceptors (Lipinski definition) is 2. The van der Waals surface area contributed by atoms with Crippen LogP contribution in [0.25, 0.3) is 0 Å². The summed E-state index contributed by atoms with van der Waals surface area (Å²) in [6, 6.07) is 0.724. The second-order valence-corrected chi connectivity index (χ2v) is 7.31. The topological polar surface area (TPSA) is 6.48 Å². The average molecular weight is 283 g/mol. The minimum absolute atomic E-state index is 0.443. The van der Waals surface area contributed by atoms with Crippen LogP contribution in [0.1, 0.15) is 73.6 Å². The molecule has 0 saturated carbocycles. The first kappa shape index (κ1) is 18.0. The SMILES string of the molecule is CC.CC(C)N1CCCC(CN2CCCCC2(C)C)C1. The van der Waals surface area contributed by atoms with E-state index in [9.17, 15) is 0 Å². The first-order valence-corrected chi connectivity index (χ1v) is 8.98. The molecule has 20 heavy (non-hydrogen) atoms. The van der Waals surface area contributed by atoms with E-state index in [1.54, 1.807) is 0 Å². The fourth-order valence-corrected chi connectivity index (χ4v) is 3.69. The Hall–Kier alpha value is -0.0800. The first-order valence-electron chi connectivity index (χ1n) is 8.98. The van der Waals surface area contributed by atoms with Crippen molar-refractivity contribution in [1.82, 2.24) is 9.80 Å². The molecule has 1 atom stereocenters. The monoisotopic (exact) mass is 282 g/mol. The summed E-state index contributed by atoms with van der Waals surface area (Å²) in [4.78, 5) is 5.44. The molecule has 2 saturated heterocycles. The molecule has 120 valence electrons. The molecule has 2 fully saturated rings. The van der Waals surface area contributed by atoms with Crippen LogP contribution < -0.4 is 0 Å². The summed E-state index contributed by atoms with van der Waals surface area (Å²) in [7, 11) is 0. The third-order valence-electron chi connectivity index (χ3n) is 5.08. The molecule has 0 bridgehead atoms. The highest BCUT2D eigenvalue weighted by atomic mass is 15.2. The van der Waals surface area contributed by atoms with E-state index in [0.717, 1.165) is 12.0 Å². The van der Waals surface area contributed by atoms with Gasteiger partial charge in [-0.15, -0.1) is 0 Å². The Morgan fingerprint density at radius 1 is 1.05 bits per heavy atom. The fraction of sp³-hybridized carbons (Fsp3) is 1.00. The highest BCUT2D eigenvalue weighted by Gasteiger charge is 2.32. The lowest BCUT2D eigenvalue weighted by Crippen LogP contribution is -2.52. The van der Waals surface area contributed by atoms with E-state index in [1.807, 2.05) is 13.8 Å². The lowest BCUT2D eigenvalue weighted by atomic mass is 9.87. The van der Waals surface area contributed by atoms with E-state index in [0.29, 0.717) is 5.54 Å². The molecule has 0 amide bonds. The Labute approximate surface area is 127 Å². The van der Waals surface area contributed by atoms with Gasteiger partial charge in [0.25, 0.3) is 0 Å². The van der Waals surface area contributed by atoms with Crippen molar-refractivity contribution in [3.63, 3.8) is 0 Å². The van der Waals surface area contributed by atoms with Crippen LogP contribution in [0, 0.1) is 5.92 Å². The van der Waals surface area contributed by atoms with Crippen molar-refractivity contribution in [2.75, 3.05) is 26.2 Å². The molecule has 1 unspecified atom stereocenters. The van der Waals surface area contributed by atoms with Crippen LogP contribution in [-0.4, -0.2) is 47.6 Å². The van der Waals surface area contributed by atoms with Crippen LogP contribution >= 0.6 is 0 Å². The average Bonchev–Trinajstić information content (AvgIpc) is 2.44. The van der Waals surface area contributed by atoms with Crippen LogP contribution in [0.5, 0.6) is 0 Å². The lowest BCUT2D eigenvalue weighted by Gasteiger charge is -2.46. The summed E-state index contributed by atoms with van der Waals surface area (Å²) in [5, 5.41) is 0. The minimum atomic E-state index is 0.443. The molecule has 0 aliphatic carbocycles. The second-order valence-electron chi connectivity index (χ2n) is 7.31. The molecular formula is C18H38N2. The molecule has 2 heterocycles. The van der Waals surface area contributed by atoms with Crippen LogP contribution in [0.2, 0.25) is 0 Å². The van der Waals surface area contributed by atoms with Crippen molar-refractivity contribution in [2.24, 2.45) is 5.92 Å². The third-order valence-corrected chi connectivity index (χ3v) is 5.08. The summed E-state index contributed by atoms with van der Waals surface area (Å²) in [5.74, 6) is 0.901. The van der Waals surface area contributed by atoms with E-state index in [2.05, 4.69) is 37.5 Å². The molecule has 0 N–H and O–H groups in total. The van der Waals surface area contributed by atoms with E-state index < -0.39 is 0 Å².